The zero-order valence-electron chi connectivity index (χ0n) is 16.5. The number of carbonyl (C=O) groups excluding carboxylic acids is 1. The summed E-state index contributed by atoms with van der Waals surface area (Å²) in [6.45, 7) is 3.07. The summed E-state index contributed by atoms with van der Waals surface area (Å²) in [5.74, 6) is 2.23. The maximum atomic E-state index is 12.8. The predicted octanol–water partition coefficient (Wildman–Crippen LogP) is 0.845. The molecule has 2 heterocycles. The number of nitrogens with one attached hydrogen (secondary N) is 4. The lowest BCUT2D eigenvalue weighted by Crippen LogP contribution is -2.49. The third-order valence-corrected chi connectivity index (χ3v) is 7.41. The number of amides is 1. The van der Waals surface area contributed by atoms with Gasteiger partial charge in [-0.15, -0.1) is 0 Å². The lowest BCUT2D eigenvalue weighted by Gasteiger charge is -2.37. The van der Waals surface area contributed by atoms with E-state index < -0.39 is 0 Å². The number of carbonyl (C=O) groups is 1. The van der Waals surface area contributed by atoms with Gasteiger partial charge in [0.2, 0.25) is 5.91 Å². The normalized spacial score (nSPS) is 44.8. The monoisotopic (exact) mass is 380 g/mol. The molecule has 0 aromatic rings. The van der Waals surface area contributed by atoms with Crippen LogP contribution < -0.4 is 21.4 Å². The quantitative estimate of drug-likeness (QED) is 0.485. The molecule has 1 amide bonds. The molecule has 27 heavy (non-hydrogen) atoms. The van der Waals surface area contributed by atoms with Crippen LogP contribution in [0, 0.1) is 23.7 Å². The molecule has 2 saturated carbocycles. The second-order valence-electron chi connectivity index (χ2n) is 9.02. The van der Waals surface area contributed by atoms with Crippen molar-refractivity contribution in [2.75, 3.05) is 13.2 Å². The van der Waals surface area contributed by atoms with Gasteiger partial charge in [-0.2, -0.15) is 5.48 Å². The van der Waals surface area contributed by atoms with E-state index >= 15 is 0 Å². The summed E-state index contributed by atoms with van der Waals surface area (Å²) in [4.78, 5) is 18.4. The molecule has 7 heteroatoms. The summed E-state index contributed by atoms with van der Waals surface area (Å²) in [7, 11) is 0. The van der Waals surface area contributed by atoms with E-state index in [1.165, 1.54) is 25.7 Å². The highest BCUT2D eigenvalue weighted by Gasteiger charge is 2.44. The van der Waals surface area contributed by atoms with Gasteiger partial charge in [0, 0.05) is 18.0 Å². The number of hydrogen-bond acceptors (Lipinski definition) is 6. The van der Waals surface area contributed by atoms with Crippen LogP contribution in [-0.2, 0) is 9.63 Å². The minimum atomic E-state index is 0.0498. The van der Waals surface area contributed by atoms with Crippen LogP contribution in [0.15, 0.2) is 0 Å². The molecule has 7 nitrogen and oxygen atoms in total. The summed E-state index contributed by atoms with van der Waals surface area (Å²) in [5, 5.41) is 19.6. The Balaban J connectivity index is 1.27. The second-order valence-corrected chi connectivity index (χ2v) is 9.02. The van der Waals surface area contributed by atoms with Crippen LogP contribution in [0.1, 0.15) is 58.3 Å². The number of fused-ring (bicyclic) bond motifs is 1. The first-order valence-electron chi connectivity index (χ1n) is 11.0. The van der Waals surface area contributed by atoms with Crippen LogP contribution in [0.4, 0.5) is 0 Å². The molecule has 7 unspecified atom stereocenters. The van der Waals surface area contributed by atoms with E-state index in [0.717, 1.165) is 38.1 Å². The second kappa shape index (κ2) is 8.74. The molecule has 0 spiro atoms. The molecule has 4 rings (SSSR count). The Bertz CT molecular complexity index is 519. The zero-order valence-corrected chi connectivity index (χ0v) is 16.5. The molecule has 4 aliphatic rings. The average Bonchev–Trinajstić information content (AvgIpc) is 3.35. The van der Waals surface area contributed by atoms with Crippen LogP contribution in [0.2, 0.25) is 0 Å². The molecule has 2 aliphatic carbocycles. The highest BCUT2D eigenvalue weighted by atomic mass is 16.7. The van der Waals surface area contributed by atoms with Gasteiger partial charge in [0.25, 0.3) is 0 Å². The van der Waals surface area contributed by atoms with Gasteiger partial charge in [0.1, 0.15) is 6.23 Å². The molecular formula is C20H36N4O3. The maximum Gasteiger partial charge on any atom is 0.223 e. The van der Waals surface area contributed by atoms with Crippen LogP contribution in [0.3, 0.4) is 0 Å². The van der Waals surface area contributed by atoms with Crippen molar-refractivity contribution in [1.82, 2.24) is 21.4 Å². The average molecular weight is 381 g/mol. The van der Waals surface area contributed by atoms with Crippen LogP contribution >= 0.6 is 0 Å². The first-order chi connectivity index (χ1) is 13.2. The molecule has 8 atom stereocenters. The molecule has 0 aromatic heterocycles. The van der Waals surface area contributed by atoms with Crippen molar-refractivity contribution >= 4 is 5.91 Å². The van der Waals surface area contributed by atoms with Crippen molar-refractivity contribution in [2.45, 2.75) is 82.8 Å². The molecule has 0 aromatic carbocycles. The Kier molecular flexibility index (Phi) is 6.34. The predicted molar refractivity (Wildman–Crippen MR) is 102 cm³/mol. The van der Waals surface area contributed by atoms with Crippen molar-refractivity contribution in [2.24, 2.45) is 23.7 Å². The molecule has 4 fully saturated rings. The Hall–Kier alpha value is -0.730. The topological polar surface area (TPSA) is 94.7 Å². The summed E-state index contributed by atoms with van der Waals surface area (Å²) in [6, 6.07) is 0.414. The zero-order chi connectivity index (χ0) is 18.8. The van der Waals surface area contributed by atoms with E-state index in [2.05, 4.69) is 28.4 Å². The summed E-state index contributed by atoms with van der Waals surface area (Å²) >= 11 is 0. The van der Waals surface area contributed by atoms with Gasteiger partial charge in [0.15, 0.2) is 0 Å². The van der Waals surface area contributed by atoms with Gasteiger partial charge < -0.3 is 15.7 Å². The van der Waals surface area contributed by atoms with Gasteiger partial charge in [0.05, 0.1) is 12.8 Å². The fourth-order valence-corrected chi connectivity index (χ4v) is 5.82. The largest absolute Gasteiger partial charge is 0.395 e. The molecule has 2 saturated heterocycles. The van der Waals surface area contributed by atoms with Crippen LogP contribution in [0.5, 0.6) is 0 Å². The summed E-state index contributed by atoms with van der Waals surface area (Å²) in [5.41, 5.74) is 3.20. The number of piperidine rings is 1. The van der Waals surface area contributed by atoms with Gasteiger partial charge in [-0.05, 0) is 75.7 Å². The number of aliphatic hydroxyl groups excluding tert-OH is 1. The Labute approximate surface area is 162 Å². The maximum absolute atomic E-state index is 12.8. The third kappa shape index (κ3) is 4.32. The molecule has 2 aliphatic heterocycles. The Morgan fingerprint density at radius 1 is 1.15 bits per heavy atom. The van der Waals surface area contributed by atoms with Crippen molar-refractivity contribution < 1.29 is 14.7 Å². The van der Waals surface area contributed by atoms with Crippen molar-refractivity contribution in [3.05, 3.63) is 0 Å². The highest BCUT2D eigenvalue weighted by molar-refractivity contribution is 5.79. The van der Waals surface area contributed by atoms with E-state index in [9.17, 15) is 9.90 Å². The summed E-state index contributed by atoms with van der Waals surface area (Å²) in [6.07, 6.45) is 8.97. The number of aliphatic hydroxyl groups is 1. The lowest BCUT2D eigenvalue weighted by molar-refractivity contribution is -0.127. The van der Waals surface area contributed by atoms with E-state index in [1.807, 2.05) is 0 Å². The molecular weight excluding hydrogens is 344 g/mol. The Morgan fingerprint density at radius 3 is 2.78 bits per heavy atom. The lowest BCUT2D eigenvalue weighted by atomic mass is 9.73. The minimum absolute atomic E-state index is 0.0498. The third-order valence-electron chi connectivity index (χ3n) is 7.41. The fraction of sp³-hybridized carbons (Fsp3) is 0.950. The van der Waals surface area contributed by atoms with Crippen molar-refractivity contribution in [3.63, 3.8) is 0 Å². The highest BCUT2D eigenvalue weighted by Crippen LogP contribution is 2.45. The van der Waals surface area contributed by atoms with E-state index in [1.54, 1.807) is 0 Å². The van der Waals surface area contributed by atoms with Crippen molar-refractivity contribution in [1.29, 1.82) is 0 Å². The first-order valence-corrected chi connectivity index (χ1v) is 11.0. The number of hydrogen-bond donors (Lipinski definition) is 5. The van der Waals surface area contributed by atoms with Gasteiger partial charge in [-0.3, -0.25) is 14.9 Å². The van der Waals surface area contributed by atoms with E-state index in [4.69, 9.17) is 4.84 Å². The SMILES string of the molecule is CCC1NC(C2CCC3C(CC[C@H]3NC(=O)C3CCNC(CO)C3)C2)NO1. The first kappa shape index (κ1) is 19.6. The smallest absolute Gasteiger partial charge is 0.223 e. The number of hydroxylamine groups is 1. The van der Waals surface area contributed by atoms with Crippen LogP contribution in [-0.4, -0.2) is 48.6 Å². The Morgan fingerprint density at radius 2 is 2.00 bits per heavy atom. The van der Waals surface area contributed by atoms with E-state index in [-0.39, 0.29) is 36.9 Å². The number of rotatable bonds is 5. The standard InChI is InChI=1S/C20H36N4O3/c1-2-18-23-19(24-27-18)13-3-5-16-12(9-13)4-6-17(16)22-20(26)14-7-8-21-15(10-14)11-25/h12-19,21,23-25H,2-11H2,1H3,(H,22,26)/t12?,13?,14?,15?,16?,17-,18?,19?/m1/s1. The molecule has 0 bridgehead atoms. The fourth-order valence-electron chi connectivity index (χ4n) is 5.82. The van der Waals surface area contributed by atoms with E-state index in [0.29, 0.717) is 17.9 Å². The molecule has 0 radical (unpaired) electrons. The minimum Gasteiger partial charge on any atom is -0.395 e. The molecule has 154 valence electrons. The van der Waals surface area contributed by atoms with Gasteiger partial charge >= 0.3 is 0 Å². The molecule has 5 N–H and O–H groups in total. The van der Waals surface area contributed by atoms with Crippen LogP contribution in [0.25, 0.3) is 0 Å². The van der Waals surface area contributed by atoms with Gasteiger partial charge in [-0.1, -0.05) is 6.92 Å². The summed E-state index contributed by atoms with van der Waals surface area (Å²) < 4.78 is 0. The van der Waals surface area contributed by atoms with Gasteiger partial charge in [-0.25, -0.2) is 0 Å². The van der Waals surface area contributed by atoms with Crippen molar-refractivity contribution in [3.8, 4) is 0 Å².